The summed E-state index contributed by atoms with van der Waals surface area (Å²) in [6.07, 6.45) is 7.61. The number of phenols is 1. The third kappa shape index (κ3) is 9.31. The van der Waals surface area contributed by atoms with Gasteiger partial charge < -0.3 is 39.6 Å². The maximum atomic E-state index is 14.0. The molecule has 0 spiro atoms. The van der Waals surface area contributed by atoms with Gasteiger partial charge in [0.05, 0.1) is 29.2 Å². The van der Waals surface area contributed by atoms with Crippen LogP contribution < -0.4 is 20.3 Å². The van der Waals surface area contributed by atoms with E-state index in [0.717, 1.165) is 94.1 Å². The van der Waals surface area contributed by atoms with Crippen LogP contribution in [0.5, 0.6) is 17.2 Å². The van der Waals surface area contributed by atoms with Crippen LogP contribution in [0.15, 0.2) is 65.5 Å². The van der Waals surface area contributed by atoms with Crippen LogP contribution in [0, 0.1) is 5.92 Å². The van der Waals surface area contributed by atoms with Crippen LogP contribution in [0.1, 0.15) is 79.7 Å². The number of aryl methyl sites for hydroxylation is 1. The number of rotatable bonds is 16. The van der Waals surface area contributed by atoms with Gasteiger partial charge in [-0.2, -0.15) is 0 Å². The number of carbonyl (C=O) groups is 2. The number of H-pyrrole nitrogens is 1. The van der Waals surface area contributed by atoms with Gasteiger partial charge >= 0.3 is 5.97 Å². The minimum atomic E-state index is -0.935. The van der Waals surface area contributed by atoms with Crippen LogP contribution in [-0.4, -0.2) is 96.5 Å². The van der Waals surface area contributed by atoms with Crippen LogP contribution in [0.3, 0.4) is 0 Å². The van der Waals surface area contributed by atoms with Crippen LogP contribution in [-0.2, 0) is 32.7 Å². The number of likely N-dealkylation sites (N-methyl/N-ethyl adjacent to an activating group) is 1. The normalized spacial score (nSPS) is 20.4. The highest BCUT2D eigenvalue weighted by molar-refractivity contribution is 6.32. The molecule has 3 aliphatic heterocycles. The molecular weight excluding hydrogens is 760 g/mol. The fraction of sp³-hybridized carbons (Fsp3) is 0.489. The number of piperidine rings is 3. The maximum absolute atomic E-state index is 14.0. The molecule has 3 saturated heterocycles. The number of phenolic OH excluding ortho intramolecular Hbond substituents is 1. The van der Waals surface area contributed by atoms with E-state index in [-0.39, 0.29) is 48.0 Å². The lowest BCUT2D eigenvalue weighted by Crippen LogP contribution is -2.53. The molecule has 2 bridgehead atoms. The number of amides is 1. The summed E-state index contributed by atoms with van der Waals surface area (Å²) in [5.74, 6) is 0.977. The lowest BCUT2D eigenvalue weighted by molar-refractivity contribution is -0.167. The molecule has 4 aliphatic rings. The molecule has 4 heterocycles. The Morgan fingerprint density at radius 3 is 2.59 bits per heavy atom. The monoisotopic (exact) mass is 814 g/mol. The summed E-state index contributed by atoms with van der Waals surface area (Å²) in [5.41, 5.74) is 2.79. The van der Waals surface area contributed by atoms with Crippen molar-refractivity contribution in [2.75, 3.05) is 53.5 Å². The average molecular weight is 815 g/mol. The van der Waals surface area contributed by atoms with Gasteiger partial charge in [-0.25, -0.2) is 0 Å². The Labute approximate surface area is 344 Å². The standard InChI is InChI=1S/C45H55ClN4O8/c1-49(19-7-9-29-8-6-10-32(22-29)45(17-4-3-5-18-45)44(55)58-40-27-50-20-15-30(40)16-21-50)42(54)28-57-39-24-38(56-2)31(23-35(39)46)25-47-26-37(52)33-11-13-36(51)43-34(33)12-14-41(53)48-43/h6,8,10-14,22-24,30,37,40,47,51-52H,3-5,7,9,15-21,25-28H2,1-2H3,(H,48,53)/t37-,40+/m1/s1. The quantitative estimate of drug-likeness (QED) is 0.0988. The summed E-state index contributed by atoms with van der Waals surface area (Å²) in [7, 11) is 3.29. The molecule has 0 unspecified atom stereocenters. The second-order valence-corrected chi connectivity index (χ2v) is 16.6. The molecule has 0 radical (unpaired) electrons. The summed E-state index contributed by atoms with van der Waals surface area (Å²) in [6.45, 7) is 3.89. The van der Waals surface area contributed by atoms with Crippen molar-refractivity contribution in [1.82, 2.24) is 20.1 Å². The molecule has 1 aromatic heterocycles. The number of nitrogens with zero attached hydrogens (tertiary/aromatic N) is 2. The molecule has 13 heteroatoms. The molecule has 4 fully saturated rings. The second kappa shape index (κ2) is 18.5. The number of carbonyl (C=O) groups excluding carboxylic acids is 2. The Bertz CT molecular complexity index is 2150. The van der Waals surface area contributed by atoms with Gasteiger partial charge in [0.15, 0.2) is 6.61 Å². The van der Waals surface area contributed by atoms with E-state index in [2.05, 4.69) is 39.5 Å². The Hall–Kier alpha value is -4.62. The van der Waals surface area contributed by atoms with E-state index < -0.39 is 11.5 Å². The highest BCUT2D eigenvalue weighted by atomic mass is 35.5. The molecule has 1 saturated carbocycles. The third-order valence-electron chi connectivity index (χ3n) is 12.4. The number of hydrogen-bond donors (Lipinski definition) is 4. The molecular formula is C45H55ClN4O8. The zero-order valence-corrected chi connectivity index (χ0v) is 34.2. The van der Waals surface area contributed by atoms with E-state index in [9.17, 15) is 24.6 Å². The smallest absolute Gasteiger partial charge is 0.316 e. The SMILES string of the molecule is COc1cc(OCC(=O)N(C)CCCc2cccc(C3(C(=O)O[C@H]4CN5CCC4CC5)CCCCC3)c2)c(Cl)cc1CNC[C@@H](O)c1ccc(O)c2[nH]c(=O)ccc12. The van der Waals surface area contributed by atoms with Crippen LogP contribution >= 0.6 is 11.6 Å². The maximum Gasteiger partial charge on any atom is 0.316 e. The van der Waals surface area contributed by atoms with E-state index in [4.69, 9.17) is 25.8 Å². The molecule has 8 rings (SSSR count). The van der Waals surface area contributed by atoms with Crippen LogP contribution in [0.2, 0.25) is 5.02 Å². The van der Waals surface area contributed by atoms with E-state index in [1.54, 1.807) is 36.2 Å². The summed E-state index contributed by atoms with van der Waals surface area (Å²) >= 11 is 6.60. The number of aromatic nitrogens is 1. The number of aromatic amines is 1. The number of aliphatic hydroxyl groups is 1. The number of aliphatic hydroxyl groups excluding tert-OH is 1. The van der Waals surface area contributed by atoms with Gasteiger partial charge in [0, 0.05) is 56.3 Å². The van der Waals surface area contributed by atoms with Gasteiger partial charge in [-0.3, -0.25) is 19.3 Å². The average Bonchev–Trinajstić information content (AvgIpc) is 3.24. The van der Waals surface area contributed by atoms with Gasteiger partial charge in [0.1, 0.15) is 23.4 Å². The Morgan fingerprint density at radius 1 is 1.05 bits per heavy atom. The summed E-state index contributed by atoms with van der Waals surface area (Å²) in [6, 6.07) is 17.8. The number of nitrogens with one attached hydrogen (secondary N) is 2. The number of hydrogen-bond acceptors (Lipinski definition) is 10. The van der Waals surface area contributed by atoms with E-state index in [1.165, 1.54) is 19.2 Å². The first kappa shape index (κ1) is 41.5. The van der Waals surface area contributed by atoms with E-state index in [0.29, 0.717) is 46.5 Å². The van der Waals surface area contributed by atoms with Crippen molar-refractivity contribution >= 4 is 34.4 Å². The van der Waals surface area contributed by atoms with Crippen LogP contribution in [0.25, 0.3) is 10.9 Å². The largest absolute Gasteiger partial charge is 0.506 e. The molecule has 3 aromatic carbocycles. The van der Waals surface area contributed by atoms with Crippen molar-refractivity contribution < 1.29 is 34.0 Å². The van der Waals surface area contributed by atoms with Gasteiger partial charge in [-0.1, -0.05) is 61.2 Å². The van der Waals surface area contributed by atoms with E-state index in [1.807, 2.05) is 0 Å². The summed E-state index contributed by atoms with van der Waals surface area (Å²) in [5, 5.41) is 25.2. The number of pyridine rings is 1. The minimum absolute atomic E-state index is 0.00241. The van der Waals surface area contributed by atoms with Crippen molar-refractivity contribution in [2.45, 2.75) is 82.0 Å². The van der Waals surface area contributed by atoms with Crippen molar-refractivity contribution in [3.63, 3.8) is 0 Å². The summed E-state index contributed by atoms with van der Waals surface area (Å²) in [4.78, 5) is 45.6. The third-order valence-corrected chi connectivity index (χ3v) is 12.7. The number of benzene rings is 3. The number of fused-ring (bicyclic) bond motifs is 4. The molecule has 1 aliphatic carbocycles. The van der Waals surface area contributed by atoms with Gasteiger partial charge in [-0.05, 0) is 92.4 Å². The molecule has 1 amide bonds. The predicted octanol–water partition coefficient (Wildman–Crippen LogP) is 6.03. The lowest BCUT2D eigenvalue weighted by atomic mass is 9.69. The van der Waals surface area contributed by atoms with Crippen molar-refractivity contribution in [2.24, 2.45) is 5.92 Å². The molecule has 12 nitrogen and oxygen atoms in total. The number of methoxy groups -OCH3 is 1. The van der Waals surface area contributed by atoms with Gasteiger partial charge in [-0.15, -0.1) is 0 Å². The Kier molecular flexibility index (Phi) is 13.3. The predicted molar refractivity (Wildman–Crippen MR) is 223 cm³/mol. The van der Waals surface area contributed by atoms with Gasteiger partial charge in [0.25, 0.3) is 5.91 Å². The minimum Gasteiger partial charge on any atom is -0.506 e. The number of ether oxygens (including phenoxy) is 3. The molecule has 4 aromatic rings. The van der Waals surface area contributed by atoms with Gasteiger partial charge in [0.2, 0.25) is 5.56 Å². The first-order chi connectivity index (χ1) is 28.0. The van der Waals surface area contributed by atoms with Crippen molar-refractivity contribution in [1.29, 1.82) is 0 Å². The molecule has 4 N–H and O–H groups in total. The highest BCUT2D eigenvalue weighted by Gasteiger charge is 2.46. The fourth-order valence-electron chi connectivity index (χ4n) is 9.00. The zero-order valence-electron chi connectivity index (χ0n) is 33.4. The Morgan fingerprint density at radius 2 is 1.84 bits per heavy atom. The van der Waals surface area contributed by atoms with Crippen molar-refractivity contribution in [3.05, 3.63) is 98.3 Å². The lowest BCUT2D eigenvalue weighted by Gasteiger charge is -2.45. The fourth-order valence-corrected chi connectivity index (χ4v) is 9.24. The second-order valence-electron chi connectivity index (χ2n) is 16.2. The molecule has 58 heavy (non-hydrogen) atoms. The summed E-state index contributed by atoms with van der Waals surface area (Å²) < 4.78 is 17.8. The van der Waals surface area contributed by atoms with Crippen LogP contribution in [0.4, 0.5) is 0 Å². The molecule has 2 atom stereocenters. The Balaban J connectivity index is 0.894. The first-order valence-electron chi connectivity index (χ1n) is 20.5. The molecule has 310 valence electrons. The number of halogens is 1. The first-order valence-corrected chi connectivity index (χ1v) is 20.9. The zero-order chi connectivity index (χ0) is 40.8. The van der Waals surface area contributed by atoms with E-state index >= 15 is 0 Å². The topological polar surface area (TPSA) is 154 Å². The highest BCUT2D eigenvalue weighted by Crippen LogP contribution is 2.42. The number of aromatic hydroxyl groups is 1. The number of esters is 1. The van der Waals surface area contributed by atoms with Crippen molar-refractivity contribution in [3.8, 4) is 17.2 Å².